The van der Waals surface area contributed by atoms with Crippen LogP contribution in [0.3, 0.4) is 0 Å². The summed E-state index contributed by atoms with van der Waals surface area (Å²) in [5, 5.41) is 15.0. The molecule has 4 N–H and O–H groups in total. The number of nitrogens with two attached hydrogens (primary N) is 1. The maximum Gasteiger partial charge on any atom is 0.325 e. The molecule has 0 saturated carbocycles. The number of hydrogen-bond acceptors (Lipinski definition) is 5. The molecule has 184 valence electrons. The van der Waals surface area contributed by atoms with Crippen molar-refractivity contribution in [2.45, 2.75) is 11.5 Å². The van der Waals surface area contributed by atoms with Crippen molar-refractivity contribution in [2.24, 2.45) is 0 Å². The largest absolute Gasteiger partial charge is 0.468 e. The molecule has 0 radical (unpaired) electrons. The molecule has 0 amide bonds. The molecule has 0 bridgehead atoms. The normalized spacial score (nSPS) is 12.1. The molecule has 1 unspecified atom stereocenters. The lowest BCUT2D eigenvalue weighted by atomic mass is 9.69. The average molecular weight is 521 g/mol. The zero-order valence-corrected chi connectivity index (χ0v) is 21.1. The lowest BCUT2D eigenvalue weighted by Gasteiger charge is -2.33. The van der Waals surface area contributed by atoms with Crippen molar-refractivity contribution >= 4 is 40.5 Å². The number of nitrogen functional groups attached to an aromatic ring is 1. The van der Waals surface area contributed by atoms with Crippen molar-refractivity contribution in [1.82, 2.24) is 0 Å². The van der Waals surface area contributed by atoms with Crippen LogP contribution in [0.1, 0.15) is 28.4 Å². The molecular formula is C29H26Cl2N2O3. The van der Waals surface area contributed by atoms with Crippen LogP contribution < -0.4 is 11.1 Å². The van der Waals surface area contributed by atoms with Gasteiger partial charge in [-0.15, -0.1) is 0 Å². The minimum Gasteiger partial charge on any atom is -0.468 e. The third-order valence-electron chi connectivity index (χ3n) is 6.20. The SMILES string of the molecule is COC(=O)C(c1ccc(Cl)cc1)(c1ccc(Cl)cc1)c1ccc(N)c(NCC(O)c2ccccc2)c1. The van der Waals surface area contributed by atoms with Crippen molar-refractivity contribution in [2.75, 3.05) is 24.7 Å². The molecule has 5 nitrogen and oxygen atoms in total. The van der Waals surface area contributed by atoms with E-state index >= 15 is 0 Å². The maximum atomic E-state index is 13.7. The molecule has 0 fully saturated rings. The van der Waals surface area contributed by atoms with Gasteiger partial charge in [0, 0.05) is 16.6 Å². The third kappa shape index (κ3) is 5.05. The summed E-state index contributed by atoms with van der Waals surface area (Å²) in [6.45, 7) is 0.227. The zero-order valence-electron chi connectivity index (χ0n) is 19.6. The summed E-state index contributed by atoms with van der Waals surface area (Å²) < 4.78 is 5.37. The topological polar surface area (TPSA) is 84.6 Å². The molecule has 0 aliphatic carbocycles. The number of benzene rings is 4. The van der Waals surface area contributed by atoms with Gasteiger partial charge in [-0.3, -0.25) is 4.79 Å². The van der Waals surface area contributed by atoms with E-state index in [1.807, 2.05) is 36.4 Å². The van der Waals surface area contributed by atoms with Gasteiger partial charge in [-0.25, -0.2) is 0 Å². The number of halogens is 2. The number of methoxy groups -OCH3 is 1. The highest BCUT2D eigenvalue weighted by atomic mass is 35.5. The first-order valence-corrected chi connectivity index (χ1v) is 12.1. The number of carbonyl (C=O) groups is 1. The van der Waals surface area contributed by atoms with E-state index in [9.17, 15) is 9.90 Å². The molecule has 36 heavy (non-hydrogen) atoms. The van der Waals surface area contributed by atoms with Crippen LogP contribution in [0.25, 0.3) is 0 Å². The van der Waals surface area contributed by atoms with E-state index in [0.717, 1.165) is 5.56 Å². The Labute approximate surface area is 220 Å². The van der Waals surface area contributed by atoms with Gasteiger partial charge >= 0.3 is 5.97 Å². The summed E-state index contributed by atoms with van der Waals surface area (Å²) in [6.07, 6.45) is -0.743. The van der Waals surface area contributed by atoms with Crippen LogP contribution in [0.2, 0.25) is 10.0 Å². The van der Waals surface area contributed by atoms with Crippen LogP contribution >= 0.6 is 23.2 Å². The minimum atomic E-state index is -1.33. The number of nitrogens with one attached hydrogen (secondary N) is 1. The molecule has 0 saturated heterocycles. The number of aliphatic hydroxyl groups excluding tert-OH is 1. The zero-order chi connectivity index (χ0) is 25.7. The second-order valence-corrected chi connectivity index (χ2v) is 9.24. The summed E-state index contributed by atoms with van der Waals surface area (Å²) in [5.74, 6) is -0.479. The molecule has 0 aliphatic heterocycles. The smallest absolute Gasteiger partial charge is 0.325 e. The van der Waals surface area contributed by atoms with Crippen LogP contribution in [0.15, 0.2) is 97.1 Å². The lowest BCUT2D eigenvalue weighted by Crippen LogP contribution is -2.39. The molecule has 4 aromatic carbocycles. The number of esters is 1. The summed E-state index contributed by atoms with van der Waals surface area (Å²) >= 11 is 12.3. The van der Waals surface area contributed by atoms with E-state index in [1.54, 1.807) is 60.7 Å². The number of anilines is 2. The van der Waals surface area contributed by atoms with Crippen molar-refractivity contribution < 1.29 is 14.6 Å². The van der Waals surface area contributed by atoms with Gasteiger partial charge in [0.05, 0.1) is 24.6 Å². The number of rotatable bonds is 8. The second kappa shape index (κ2) is 11.0. The van der Waals surface area contributed by atoms with Crippen molar-refractivity contribution in [3.05, 3.63) is 129 Å². The Hall–Kier alpha value is -3.51. The Balaban J connectivity index is 1.84. The molecule has 4 aromatic rings. The van der Waals surface area contributed by atoms with E-state index in [-0.39, 0.29) is 6.54 Å². The predicted molar refractivity (Wildman–Crippen MR) is 146 cm³/mol. The van der Waals surface area contributed by atoms with Crippen LogP contribution in [0.4, 0.5) is 11.4 Å². The minimum absolute atomic E-state index is 0.227. The van der Waals surface area contributed by atoms with Crippen LogP contribution in [0.5, 0.6) is 0 Å². The molecule has 1 atom stereocenters. The number of ether oxygens (including phenoxy) is 1. The van der Waals surface area contributed by atoms with Gasteiger partial charge in [-0.2, -0.15) is 0 Å². The lowest BCUT2D eigenvalue weighted by molar-refractivity contribution is -0.144. The summed E-state index contributed by atoms with van der Waals surface area (Å²) in [6, 6.07) is 28.8. The number of aliphatic hydroxyl groups is 1. The van der Waals surface area contributed by atoms with Crippen molar-refractivity contribution in [3.63, 3.8) is 0 Å². The first kappa shape index (κ1) is 25.6. The molecule has 0 heterocycles. The number of hydrogen-bond donors (Lipinski definition) is 3. The second-order valence-electron chi connectivity index (χ2n) is 8.36. The summed E-state index contributed by atoms with van der Waals surface area (Å²) in [4.78, 5) is 13.7. The highest BCUT2D eigenvalue weighted by Crippen LogP contribution is 2.43. The van der Waals surface area contributed by atoms with Gasteiger partial charge in [0.2, 0.25) is 0 Å². The summed E-state index contributed by atoms with van der Waals surface area (Å²) in [7, 11) is 1.36. The standard InChI is InChI=1S/C29H26Cl2N2O3/c1-36-28(35)29(20-7-12-23(30)13-8-20,21-9-14-24(31)15-10-21)22-11-16-25(32)26(17-22)33-18-27(34)19-5-3-2-4-6-19/h2-17,27,33-34H,18,32H2,1H3. The molecule has 4 rings (SSSR count). The van der Waals surface area contributed by atoms with Crippen molar-refractivity contribution in [3.8, 4) is 0 Å². The molecule has 0 aliphatic rings. The first-order chi connectivity index (χ1) is 17.4. The fraction of sp³-hybridized carbons (Fsp3) is 0.138. The van der Waals surface area contributed by atoms with Crippen molar-refractivity contribution in [1.29, 1.82) is 0 Å². The average Bonchev–Trinajstić information content (AvgIpc) is 2.91. The summed E-state index contributed by atoms with van der Waals surface area (Å²) in [5.41, 5.74) is 8.77. The van der Waals surface area contributed by atoms with E-state index in [0.29, 0.717) is 38.1 Å². The van der Waals surface area contributed by atoms with E-state index in [1.165, 1.54) is 7.11 Å². The number of carbonyl (C=O) groups excluding carboxylic acids is 1. The molecular weight excluding hydrogens is 495 g/mol. The monoisotopic (exact) mass is 520 g/mol. The van der Waals surface area contributed by atoms with Gasteiger partial charge in [0.15, 0.2) is 0 Å². The highest BCUT2D eigenvalue weighted by molar-refractivity contribution is 6.30. The van der Waals surface area contributed by atoms with E-state index < -0.39 is 17.5 Å². The van der Waals surface area contributed by atoms with E-state index in [4.69, 9.17) is 33.7 Å². The first-order valence-electron chi connectivity index (χ1n) is 11.3. The Morgan fingerprint density at radius 3 is 1.94 bits per heavy atom. The quantitative estimate of drug-likeness (QED) is 0.146. The Morgan fingerprint density at radius 2 is 1.42 bits per heavy atom. The Morgan fingerprint density at radius 1 is 0.889 bits per heavy atom. The van der Waals surface area contributed by atoms with Gasteiger partial charge in [0.1, 0.15) is 5.41 Å². The Bertz CT molecular complexity index is 1280. The van der Waals surface area contributed by atoms with Crippen LogP contribution in [-0.2, 0) is 14.9 Å². The third-order valence-corrected chi connectivity index (χ3v) is 6.71. The fourth-order valence-electron chi connectivity index (χ4n) is 4.35. The van der Waals surface area contributed by atoms with Gasteiger partial charge in [-0.05, 0) is 58.7 Å². The van der Waals surface area contributed by atoms with Gasteiger partial charge in [0.25, 0.3) is 0 Å². The van der Waals surface area contributed by atoms with E-state index in [2.05, 4.69) is 5.32 Å². The van der Waals surface area contributed by atoms with Gasteiger partial charge in [-0.1, -0.05) is 83.9 Å². The maximum absolute atomic E-state index is 13.7. The fourth-order valence-corrected chi connectivity index (χ4v) is 4.60. The van der Waals surface area contributed by atoms with Crippen LogP contribution in [-0.4, -0.2) is 24.7 Å². The molecule has 0 spiro atoms. The molecule has 7 heteroatoms. The van der Waals surface area contributed by atoms with Crippen LogP contribution in [0, 0.1) is 0 Å². The molecule has 0 aromatic heterocycles. The van der Waals surface area contributed by atoms with Gasteiger partial charge < -0.3 is 20.9 Å². The highest BCUT2D eigenvalue weighted by Gasteiger charge is 2.45. The Kier molecular flexibility index (Phi) is 7.85. The predicted octanol–water partition coefficient (Wildman–Crippen LogP) is 6.23.